The molecule has 0 spiro atoms. The van der Waals surface area contributed by atoms with Crippen molar-refractivity contribution in [3.8, 4) is 0 Å². The summed E-state index contributed by atoms with van der Waals surface area (Å²) >= 11 is 0. The van der Waals surface area contributed by atoms with Crippen LogP contribution in [0, 0.1) is 0 Å². The molecule has 1 unspecified atom stereocenters. The van der Waals surface area contributed by atoms with E-state index in [1.807, 2.05) is 0 Å². The Labute approximate surface area is 218 Å². The molecule has 0 heterocycles. The summed E-state index contributed by atoms with van der Waals surface area (Å²) in [5.74, 6) is -0.233. The van der Waals surface area contributed by atoms with Crippen molar-refractivity contribution in [3.05, 3.63) is 12.2 Å². The lowest BCUT2D eigenvalue weighted by Gasteiger charge is -2.37. The van der Waals surface area contributed by atoms with Gasteiger partial charge in [0.2, 0.25) is 6.23 Å². The van der Waals surface area contributed by atoms with E-state index in [1.165, 1.54) is 109 Å². The summed E-state index contributed by atoms with van der Waals surface area (Å²) in [5, 5.41) is 0. The number of nitrogens with zero attached hydrogens (tertiary/aromatic N) is 1. The number of carbonyl (C=O) groups is 1. The topological polar surface area (TPSA) is 26.3 Å². The van der Waals surface area contributed by atoms with Gasteiger partial charge in [-0.15, -0.1) is 0 Å². The van der Waals surface area contributed by atoms with E-state index < -0.39 is 0 Å². The molecule has 0 amide bonds. The van der Waals surface area contributed by atoms with E-state index in [0.717, 1.165) is 23.9 Å². The predicted octanol–water partition coefficient (Wildman–Crippen LogP) is 5.96. The van der Waals surface area contributed by atoms with Crippen molar-refractivity contribution in [2.45, 2.75) is 149 Å². The van der Waals surface area contributed by atoms with Crippen LogP contribution in [0.2, 0.25) is 0 Å². The lowest BCUT2D eigenvalue weighted by molar-refractivity contribution is -0.935. The molecule has 198 valence electrons. The standard InChI is InChI=1S/C29H58NO2.BrH/c1-7-9-11-13-15-17-18-20-22-24-26-30(5,6)28(32-29(31)27(3)4)25-23-21-19-16-14-12-10-8-2;/h28H,3,7-26H2,1-2,4-6H3;1H/q+1;/p-1. The van der Waals surface area contributed by atoms with E-state index in [4.69, 9.17) is 4.74 Å². The zero-order chi connectivity index (χ0) is 24.1. The van der Waals surface area contributed by atoms with Crippen LogP contribution in [0.25, 0.3) is 0 Å². The Morgan fingerprint density at radius 3 is 1.45 bits per heavy atom. The minimum atomic E-state index is -0.233. The summed E-state index contributed by atoms with van der Waals surface area (Å²) in [6, 6.07) is 0. The molecule has 0 aromatic rings. The number of esters is 1. The second-order valence-corrected chi connectivity index (χ2v) is 10.6. The van der Waals surface area contributed by atoms with Crippen LogP contribution in [0.4, 0.5) is 0 Å². The normalized spacial score (nSPS) is 12.3. The Kier molecular flexibility index (Phi) is 24.7. The number of ether oxygens (including phenoxy) is 1. The third kappa shape index (κ3) is 20.7. The van der Waals surface area contributed by atoms with E-state index in [9.17, 15) is 4.79 Å². The molecule has 0 aliphatic carbocycles. The molecular formula is C29H58BrNO2. The van der Waals surface area contributed by atoms with Crippen LogP contribution < -0.4 is 17.0 Å². The third-order valence-electron chi connectivity index (χ3n) is 6.76. The number of carbonyl (C=O) groups excluding carboxylic acids is 1. The van der Waals surface area contributed by atoms with Gasteiger partial charge in [-0.3, -0.25) is 4.48 Å². The molecule has 0 aromatic heterocycles. The Balaban J connectivity index is 0. The van der Waals surface area contributed by atoms with Crippen molar-refractivity contribution in [3.63, 3.8) is 0 Å². The average molecular weight is 533 g/mol. The number of quaternary nitrogens is 1. The fourth-order valence-electron chi connectivity index (χ4n) is 4.38. The van der Waals surface area contributed by atoms with Crippen LogP contribution >= 0.6 is 0 Å². The first-order valence-corrected chi connectivity index (χ1v) is 14.0. The van der Waals surface area contributed by atoms with Crippen molar-refractivity contribution in [2.75, 3.05) is 20.6 Å². The quantitative estimate of drug-likeness (QED) is 0.0533. The van der Waals surface area contributed by atoms with Crippen molar-refractivity contribution in [1.29, 1.82) is 0 Å². The van der Waals surface area contributed by atoms with Crippen LogP contribution in [-0.4, -0.2) is 37.3 Å². The minimum Gasteiger partial charge on any atom is -1.00 e. The van der Waals surface area contributed by atoms with Gasteiger partial charge < -0.3 is 21.7 Å². The highest BCUT2D eigenvalue weighted by atomic mass is 79.9. The lowest BCUT2D eigenvalue weighted by Crippen LogP contribution is -3.00. The molecule has 0 bridgehead atoms. The van der Waals surface area contributed by atoms with Gasteiger partial charge in [0.1, 0.15) is 0 Å². The van der Waals surface area contributed by atoms with Crippen LogP contribution in [0.1, 0.15) is 143 Å². The molecule has 0 saturated carbocycles. The van der Waals surface area contributed by atoms with Gasteiger partial charge in [-0.2, -0.15) is 0 Å². The highest BCUT2D eigenvalue weighted by molar-refractivity contribution is 5.86. The van der Waals surface area contributed by atoms with E-state index in [-0.39, 0.29) is 29.2 Å². The van der Waals surface area contributed by atoms with Gasteiger partial charge >= 0.3 is 5.97 Å². The largest absolute Gasteiger partial charge is 1.00 e. The van der Waals surface area contributed by atoms with Crippen LogP contribution in [0.15, 0.2) is 12.2 Å². The smallest absolute Gasteiger partial charge is 0.337 e. The van der Waals surface area contributed by atoms with E-state index in [0.29, 0.717) is 5.57 Å². The first-order chi connectivity index (χ1) is 15.3. The Hall–Kier alpha value is -0.350. The van der Waals surface area contributed by atoms with Crippen LogP contribution in [0.5, 0.6) is 0 Å². The highest BCUT2D eigenvalue weighted by Crippen LogP contribution is 2.20. The molecular weight excluding hydrogens is 474 g/mol. The van der Waals surface area contributed by atoms with Crippen molar-refractivity contribution in [1.82, 2.24) is 0 Å². The zero-order valence-corrected chi connectivity index (χ0v) is 24.7. The Morgan fingerprint density at radius 2 is 1.06 bits per heavy atom. The molecule has 0 saturated heterocycles. The van der Waals surface area contributed by atoms with Gasteiger partial charge in [-0.1, -0.05) is 117 Å². The average Bonchev–Trinajstić information content (AvgIpc) is 2.75. The molecule has 0 radical (unpaired) electrons. The SMILES string of the molecule is C=C(C)C(=O)OC(CCCCCCCCCC)[N+](C)(C)CCCCCCCCCCCC.[Br-]. The van der Waals surface area contributed by atoms with E-state index >= 15 is 0 Å². The summed E-state index contributed by atoms with van der Waals surface area (Å²) in [5.41, 5.74) is 0.505. The summed E-state index contributed by atoms with van der Waals surface area (Å²) in [4.78, 5) is 12.2. The molecule has 0 rings (SSSR count). The van der Waals surface area contributed by atoms with E-state index in [1.54, 1.807) is 6.92 Å². The lowest BCUT2D eigenvalue weighted by atomic mass is 10.1. The van der Waals surface area contributed by atoms with Gasteiger partial charge in [0.05, 0.1) is 20.6 Å². The van der Waals surface area contributed by atoms with Gasteiger partial charge in [-0.25, -0.2) is 4.79 Å². The molecule has 0 fully saturated rings. The van der Waals surface area contributed by atoms with Crippen LogP contribution in [0.3, 0.4) is 0 Å². The zero-order valence-electron chi connectivity index (χ0n) is 23.1. The van der Waals surface area contributed by atoms with Gasteiger partial charge in [0, 0.05) is 12.0 Å². The summed E-state index contributed by atoms with van der Waals surface area (Å²) in [7, 11) is 4.46. The minimum absolute atomic E-state index is 0. The summed E-state index contributed by atoms with van der Waals surface area (Å²) < 4.78 is 6.68. The molecule has 0 aromatic carbocycles. The third-order valence-corrected chi connectivity index (χ3v) is 6.76. The predicted molar refractivity (Wildman–Crippen MR) is 141 cm³/mol. The maximum Gasteiger partial charge on any atom is 0.337 e. The van der Waals surface area contributed by atoms with Crippen molar-refractivity contribution < 1.29 is 31.0 Å². The number of hydrogen-bond acceptors (Lipinski definition) is 2. The van der Waals surface area contributed by atoms with Gasteiger partial charge in [-0.05, 0) is 26.2 Å². The van der Waals surface area contributed by atoms with Crippen LogP contribution in [-0.2, 0) is 9.53 Å². The van der Waals surface area contributed by atoms with Gasteiger partial charge in [0.15, 0.2) is 0 Å². The molecule has 3 nitrogen and oxygen atoms in total. The molecule has 1 atom stereocenters. The number of rotatable bonds is 23. The maximum atomic E-state index is 12.2. The fraction of sp³-hybridized carbons (Fsp3) is 0.897. The Morgan fingerprint density at radius 1 is 0.697 bits per heavy atom. The summed E-state index contributed by atoms with van der Waals surface area (Å²) in [6.45, 7) is 11.1. The monoisotopic (exact) mass is 531 g/mol. The molecule has 0 aliphatic rings. The molecule has 4 heteroatoms. The molecule has 0 aliphatic heterocycles. The maximum absolute atomic E-state index is 12.2. The first kappa shape index (κ1) is 34.8. The van der Waals surface area contributed by atoms with E-state index in [2.05, 4.69) is 34.5 Å². The Bertz CT molecular complexity index is 465. The second-order valence-electron chi connectivity index (χ2n) is 10.6. The van der Waals surface area contributed by atoms with Crippen molar-refractivity contribution in [2.24, 2.45) is 0 Å². The molecule has 33 heavy (non-hydrogen) atoms. The van der Waals surface area contributed by atoms with Gasteiger partial charge in [0.25, 0.3) is 0 Å². The van der Waals surface area contributed by atoms with Crippen molar-refractivity contribution >= 4 is 5.97 Å². The fourth-order valence-corrected chi connectivity index (χ4v) is 4.38. The number of unbranched alkanes of at least 4 members (excludes halogenated alkanes) is 16. The number of hydrogen-bond donors (Lipinski definition) is 0. The summed E-state index contributed by atoms with van der Waals surface area (Å²) in [6.07, 6.45) is 24.9. The molecule has 0 N–H and O–H groups in total. The first-order valence-electron chi connectivity index (χ1n) is 14.0. The highest BCUT2D eigenvalue weighted by Gasteiger charge is 2.31. The second kappa shape index (κ2) is 23.4. The number of halogens is 1.